The van der Waals surface area contributed by atoms with Gasteiger partial charge < -0.3 is 20.3 Å². The number of nitro benzene ring substituents is 2. The predicted molar refractivity (Wildman–Crippen MR) is 172 cm³/mol. The van der Waals surface area contributed by atoms with E-state index in [4.69, 9.17) is 5.73 Å². The van der Waals surface area contributed by atoms with E-state index in [0.29, 0.717) is 33.7 Å². The summed E-state index contributed by atoms with van der Waals surface area (Å²) in [6.07, 6.45) is 0. The highest BCUT2D eigenvalue weighted by Gasteiger charge is 2.34. The van der Waals surface area contributed by atoms with Crippen molar-refractivity contribution in [2.24, 2.45) is 5.73 Å². The average Bonchev–Trinajstić information content (AvgIpc) is 3.02. The van der Waals surface area contributed by atoms with E-state index in [2.05, 4.69) is 9.64 Å². The molecule has 0 fully saturated rings. The second-order valence-electron chi connectivity index (χ2n) is 11.1. The second kappa shape index (κ2) is 14.2. The zero-order chi connectivity index (χ0) is 34.6. The number of nitrogens with zero attached hydrogens (tertiary/aromatic N) is 5. The van der Waals surface area contributed by atoms with Gasteiger partial charge in [0.15, 0.2) is 0 Å². The summed E-state index contributed by atoms with van der Waals surface area (Å²) in [5, 5.41) is 23.8. The van der Waals surface area contributed by atoms with E-state index in [1.54, 1.807) is 30.3 Å². The van der Waals surface area contributed by atoms with Gasteiger partial charge in [-0.25, -0.2) is 9.59 Å². The number of nitro groups is 2. The lowest BCUT2D eigenvalue weighted by Gasteiger charge is -2.28. The number of amides is 2. The molecule has 0 atom stereocenters. The molecule has 6 rings (SSSR count). The van der Waals surface area contributed by atoms with Gasteiger partial charge in [-0.15, -0.1) is 0 Å². The highest BCUT2D eigenvalue weighted by atomic mass is 16.6. The molecule has 0 radical (unpaired) electrons. The number of non-ortho nitro benzene ring substituents is 2. The summed E-state index contributed by atoms with van der Waals surface area (Å²) in [4.78, 5) is 74.2. The van der Waals surface area contributed by atoms with Crippen molar-refractivity contribution in [2.45, 2.75) is 0 Å². The molecule has 2 heterocycles. The maximum Gasteiger partial charge on any atom is 0.346 e. The van der Waals surface area contributed by atoms with Crippen molar-refractivity contribution in [3.63, 3.8) is 0 Å². The van der Waals surface area contributed by atoms with Crippen LogP contribution in [-0.2, 0) is 4.74 Å². The van der Waals surface area contributed by atoms with Crippen LogP contribution in [-0.4, -0.2) is 103 Å². The van der Waals surface area contributed by atoms with Gasteiger partial charge in [0, 0.05) is 66.8 Å². The standard InChI is InChI=1S/C16H15N3O4.C12H5NO5.C4H12N2/c1-17(2)6-7-18-15(20)12-5-3-4-10-8-11(19(22)23)9-13(14(10)12)16(18)21;14-11-8-3-1-2-6-4-7(13(16)17)5-9(10(6)8)12(15)18-11;1-6(2)4-3-5/h3-5,8-9H,6-7H2,1-2H3;1-5H;3-5H2,1-2H3. The number of esters is 2. The fraction of sp³-hybridized carbons (Fsp3) is 0.250. The molecule has 0 unspecified atom stereocenters. The number of ether oxygens (including phenoxy) is 1. The van der Waals surface area contributed by atoms with Gasteiger partial charge >= 0.3 is 11.9 Å². The normalized spacial score (nSPS) is 13.3. The minimum absolute atomic E-state index is 0.0504. The number of likely N-dealkylation sites (N-methyl/N-ethyl adjacent to an activating group) is 2. The number of hydrogen-bond acceptors (Lipinski definition) is 12. The molecule has 0 aromatic heterocycles. The third-order valence-corrected chi connectivity index (χ3v) is 7.27. The molecular weight excluding hydrogens is 612 g/mol. The smallest absolute Gasteiger partial charge is 0.346 e. The molecule has 0 spiro atoms. The Morgan fingerprint density at radius 3 is 1.64 bits per heavy atom. The summed E-state index contributed by atoms with van der Waals surface area (Å²) in [5.74, 6) is -2.42. The monoisotopic (exact) mass is 644 g/mol. The molecule has 2 N–H and O–H groups in total. The topological polar surface area (TPSA) is 200 Å². The van der Waals surface area contributed by atoms with Gasteiger partial charge in [0.2, 0.25) is 0 Å². The summed E-state index contributed by atoms with van der Waals surface area (Å²) in [6.45, 7) is 2.51. The van der Waals surface area contributed by atoms with Crippen molar-refractivity contribution in [2.75, 3.05) is 54.4 Å². The molecule has 4 aromatic rings. The number of imide groups is 1. The van der Waals surface area contributed by atoms with E-state index < -0.39 is 27.7 Å². The van der Waals surface area contributed by atoms with E-state index in [1.165, 1.54) is 24.3 Å². The van der Waals surface area contributed by atoms with Crippen LogP contribution >= 0.6 is 0 Å². The van der Waals surface area contributed by atoms with Gasteiger partial charge in [0.1, 0.15) is 0 Å². The highest BCUT2D eigenvalue weighted by Crippen LogP contribution is 2.34. The van der Waals surface area contributed by atoms with E-state index >= 15 is 0 Å². The Bertz CT molecular complexity index is 1940. The van der Waals surface area contributed by atoms with Gasteiger partial charge in [-0.2, -0.15) is 0 Å². The lowest BCUT2D eigenvalue weighted by atomic mass is 9.93. The second-order valence-corrected chi connectivity index (χ2v) is 11.1. The molecule has 4 aromatic carbocycles. The Balaban J connectivity index is 0.000000185. The SMILES string of the molecule is CN(C)CCN.CN(C)CCN1C(=O)c2cccc3cc([N+](=O)[O-])cc(c23)C1=O.O=C1OC(=O)c2cc([N+](=O)[O-])cc3cccc1c23. The van der Waals surface area contributed by atoms with Crippen LogP contribution in [0.5, 0.6) is 0 Å². The number of rotatable bonds is 7. The first-order chi connectivity index (χ1) is 22.2. The van der Waals surface area contributed by atoms with Crippen molar-refractivity contribution in [1.82, 2.24) is 14.7 Å². The van der Waals surface area contributed by atoms with Crippen LogP contribution in [0, 0.1) is 20.2 Å². The number of carbonyl (C=O) groups is 4. The average molecular weight is 645 g/mol. The third kappa shape index (κ3) is 7.27. The first-order valence-corrected chi connectivity index (χ1v) is 14.3. The van der Waals surface area contributed by atoms with Crippen molar-refractivity contribution < 1.29 is 33.8 Å². The van der Waals surface area contributed by atoms with Gasteiger partial charge in [0.05, 0.1) is 26.5 Å². The Morgan fingerprint density at radius 2 is 1.15 bits per heavy atom. The van der Waals surface area contributed by atoms with Crippen LogP contribution in [0.25, 0.3) is 21.5 Å². The van der Waals surface area contributed by atoms with E-state index in [9.17, 15) is 39.4 Å². The fourth-order valence-corrected chi connectivity index (χ4v) is 5.05. The molecular formula is C32H32N6O9. The zero-order valence-electron chi connectivity index (χ0n) is 26.1. The molecule has 47 heavy (non-hydrogen) atoms. The van der Waals surface area contributed by atoms with E-state index in [-0.39, 0.29) is 40.5 Å². The Morgan fingerprint density at radius 1 is 0.681 bits per heavy atom. The summed E-state index contributed by atoms with van der Waals surface area (Å²) >= 11 is 0. The lowest BCUT2D eigenvalue weighted by molar-refractivity contribution is -0.384. The lowest BCUT2D eigenvalue weighted by Crippen LogP contribution is -2.43. The van der Waals surface area contributed by atoms with Gasteiger partial charge in [-0.1, -0.05) is 24.3 Å². The molecule has 0 bridgehead atoms. The van der Waals surface area contributed by atoms with Gasteiger partial charge in [-0.05, 0) is 51.1 Å². The maximum atomic E-state index is 12.7. The number of cyclic esters (lactones) is 2. The van der Waals surface area contributed by atoms with E-state index in [0.717, 1.165) is 24.1 Å². The van der Waals surface area contributed by atoms with Crippen molar-refractivity contribution in [3.8, 4) is 0 Å². The Hall–Kier alpha value is -5.64. The van der Waals surface area contributed by atoms with Crippen LogP contribution in [0.15, 0.2) is 60.7 Å². The quantitative estimate of drug-likeness (QED) is 0.101. The molecule has 2 aliphatic rings. The van der Waals surface area contributed by atoms with Gasteiger partial charge in [-0.3, -0.25) is 34.7 Å². The maximum absolute atomic E-state index is 12.7. The van der Waals surface area contributed by atoms with Crippen LogP contribution in [0.3, 0.4) is 0 Å². The summed E-state index contributed by atoms with van der Waals surface area (Å²) in [6, 6.07) is 14.8. The van der Waals surface area contributed by atoms with E-state index in [1.807, 2.05) is 33.1 Å². The minimum Gasteiger partial charge on any atom is -0.386 e. The molecule has 2 aliphatic heterocycles. The molecule has 15 nitrogen and oxygen atoms in total. The van der Waals surface area contributed by atoms with Crippen molar-refractivity contribution >= 4 is 56.7 Å². The van der Waals surface area contributed by atoms with Crippen LogP contribution in [0.1, 0.15) is 41.4 Å². The first kappa shape index (κ1) is 34.2. The number of benzene rings is 4. The highest BCUT2D eigenvalue weighted by molar-refractivity contribution is 6.26. The van der Waals surface area contributed by atoms with Crippen LogP contribution < -0.4 is 5.73 Å². The number of carbonyl (C=O) groups excluding carboxylic acids is 4. The third-order valence-electron chi connectivity index (χ3n) is 7.27. The molecule has 244 valence electrons. The Kier molecular flexibility index (Phi) is 10.3. The molecule has 0 aliphatic carbocycles. The molecule has 0 saturated heterocycles. The zero-order valence-corrected chi connectivity index (χ0v) is 26.1. The molecule has 0 saturated carbocycles. The molecule has 15 heteroatoms. The van der Waals surface area contributed by atoms with Crippen LogP contribution in [0.2, 0.25) is 0 Å². The first-order valence-electron chi connectivity index (χ1n) is 14.3. The minimum atomic E-state index is -0.854. The summed E-state index contributed by atoms with van der Waals surface area (Å²) in [7, 11) is 7.70. The number of nitrogens with two attached hydrogens (primary N) is 1. The van der Waals surface area contributed by atoms with Crippen molar-refractivity contribution in [3.05, 3.63) is 103 Å². The van der Waals surface area contributed by atoms with Gasteiger partial charge in [0.25, 0.3) is 23.2 Å². The van der Waals surface area contributed by atoms with Crippen molar-refractivity contribution in [1.29, 1.82) is 0 Å². The predicted octanol–water partition coefficient (Wildman–Crippen LogP) is 3.47. The fourth-order valence-electron chi connectivity index (χ4n) is 5.05. The largest absolute Gasteiger partial charge is 0.386 e. The summed E-state index contributed by atoms with van der Waals surface area (Å²) in [5.41, 5.74) is 5.74. The van der Waals surface area contributed by atoms with Crippen LogP contribution in [0.4, 0.5) is 11.4 Å². The summed E-state index contributed by atoms with van der Waals surface area (Å²) < 4.78 is 4.54. The molecule has 2 amide bonds. The number of hydrogen-bond donors (Lipinski definition) is 1. The Labute approximate surface area is 268 Å².